The summed E-state index contributed by atoms with van der Waals surface area (Å²) in [5, 5.41) is 7.93. The summed E-state index contributed by atoms with van der Waals surface area (Å²) in [7, 11) is -3.66. The summed E-state index contributed by atoms with van der Waals surface area (Å²) < 4.78 is 22.4. The molecular formula is C18H22N2O3S2. The Morgan fingerprint density at radius 1 is 1.12 bits per heavy atom. The van der Waals surface area contributed by atoms with Crippen LogP contribution < -0.4 is 10.5 Å². The van der Waals surface area contributed by atoms with E-state index in [1.807, 2.05) is 6.07 Å². The standard InChI is InChI=1S/C18H22N2O3S2/c1-14-3-2-4-16(11-14)12-24-13-18(21)20-10-9-15-5-7-17(8-6-15)25(19,22)23/h2-8,11H,9-10,12-13H2,1H3,(H,20,21)(H2,19,22,23). The van der Waals surface area contributed by atoms with Crippen molar-refractivity contribution in [2.45, 2.75) is 24.0 Å². The molecule has 0 heterocycles. The van der Waals surface area contributed by atoms with E-state index in [9.17, 15) is 13.2 Å². The monoisotopic (exact) mass is 378 g/mol. The summed E-state index contributed by atoms with van der Waals surface area (Å²) in [6.45, 7) is 2.56. The number of nitrogens with one attached hydrogen (secondary N) is 1. The van der Waals surface area contributed by atoms with Crippen LogP contribution in [-0.4, -0.2) is 26.6 Å². The van der Waals surface area contributed by atoms with Gasteiger partial charge < -0.3 is 5.32 Å². The molecule has 2 aromatic carbocycles. The van der Waals surface area contributed by atoms with Gasteiger partial charge in [0.25, 0.3) is 0 Å². The summed E-state index contributed by atoms with van der Waals surface area (Å²) in [6.07, 6.45) is 0.638. The lowest BCUT2D eigenvalue weighted by atomic mass is 10.1. The molecule has 0 spiro atoms. The van der Waals surface area contributed by atoms with E-state index in [0.717, 1.165) is 11.3 Å². The summed E-state index contributed by atoms with van der Waals surface area (Å²) in [6, 6.07) is 14.6. The van der Waals surface area contributed by atoms with Crippen molar-refractivity contribution in [1.82, 2.24) is 5.32 Å². The zero-order valence-electron chi connectivity index (χ0n) is 14.1. The van der Waals surface area contributed by atoms with Gasteiger partial charge in [-0.15, -0.1) is 11.8 Å². The number of amides is 1. The molecule has 0 aliphatic heterocycles. The Hall–Kier alpha value is -1.83. The third-order valence-corrected chi connectivity index (χ3v) is 5.51. The van der Waals surface area contributed by atoms with Gasteiger partial charge in [0, 0.05) is 12.3 Å². The number of rotatable bonds is 8. The van der Waals surface area contributed by atoms with E-state index in [1.54, 1.807) is 23.9 Å². The molecule has 0 saturated heterocycles. The predicted molar refractivity (Wildman–Crippen MR) is 102 cm³/mol. The minimum atomic E-state index is -3.66. The molecule has 0 radical (unpaired) electrons. The number of hydrogen-bond donors (Lipinski definition) is 2. The first-order valence-electron chi connectivity index (χ1n) is 7.86. The van der Waals surface area contributed by atoms with Crippen LogP contribution in [-0.2, 0) is 27.0 Å². The lowest BCUT2D eigenvalue weighted by Gasteiger charge is -2.06. The average Bonchev–Trinajstić information content (AvgIpc) is 2.54. The lowest BCUT2D eigenvalue weighted by Crippen LogP contribution is -2.27. The number of sulfonamides is 1. The molecule has 2 aromatic rings. The molecule has 0 saturated carbocycles. The van der Waals surface area contributed by atoms with E-state index in [-0.39, 0.29) is 10.8 Å². The number of carbonyl (C=O) groups is 1. The van der Waals surface area contributed by atoms with Crippen molar-refractivity contribution in [3.8, 4) is 0 Å². The molecular weight excluding hydrogens is 356 g/mol. The Labute approximate surface area is 153 Å². The Morgan fingerprint density at radius 3 is 2.48 bits per heavy atom. The van der Waals surface area contributed by atoms with E-state index >= 15 is 0 Å². The zero-order chi connectivity index (χ0) is 18.3. The maximum Gasteiger partial charge on any atom is 0.238 e. The molecule has 5 nitrogen and oxygen atoms in total. The number of thioether (sulfide) groups is 1. The van der Waals surface area contributed by atoms with Gasteiger partial charge in [0.2, 0.25) is 15.9 Å². The van der Waals surface area contributed by atoms with Crippen LogP contribution in [0.1, 0.15) is 16.7 Å². The van der Waals surface area contributed by atoms with Gasteiger partial charge in [0.1, 0.15) is 0 Å². The highest BCUT2D eigenvalue weighted by Gasteiger charge is 2.07. The normalized spacial score (nSPS) is 11.3. The van der Waals surface area contributed by atoms with Crippen LogP contribution in [0, 0.1) is 6.92 Å². The second-order valence-electron chi connectivity index (χ2n) is 5.77. The Balaban J connectivity index is 1.68. The second-order valence-corrected chi connectivity index (χ2v) is 8.32. The largest absolute Gasteiger partial charge is 0.355 e. The minimum absolute atomic E-state index is 0.00110. The fourth-order valence-corrected chi connectivity index (χ4v) is 3.63. The van der Waals surface area contributed by atoms with Gasteiger partial charge in [-0.05, 0) is 36.6 Å². The average molecular weight is 379 g/mol. The predicted octanol–water partition coefficient (Wildman–Crippen LogP) is 2.23. The van der Waals surface area contributed by atoms with Gasteiger partial charge >= 0.3 is 0 Å². The van der Waals surface area contributed by atoms with Crippen molar-refractivity contribution in [2.24, 2.45) is 5.14 Å². The van der Waals surface area contributed by atoms with Crippen molar-refractivity contribution in [2.75, 3.05) is 12.3 Å². The summed E-state index contributed by atoms with van der Waals surface area (Å²) in [5.74, 6) is 1.22. The molecule has 25 heavy (non-hydrogen) atoms. The molecule has 0 atom stereocenters. The van der Waals surface area contributed by atoms with Crippen molar-refractivity contribution in [3.63, 3.8) is 0 Å². The smallest absolute Gasteiger partial charge is 0.238 e. The fourth-order valence-electron chi connectivity index (χ4n) is 2.31. The zero-order valence-corrected chi connectivity index (χ0v) is 15.7. The van der Waals surface area contributed by atoms with Crippen LogP contribution >= 0.6 is 11.8 Å². The molecule has 0 unspecified atom stereocenters. The first kappa shape index (κ1) is 19.5. The topological polar surface area (TPSA) is 89.3 Å². The maximum absolute atomic E-state index is 11.8. The number of nitrogens with two attached hydrogens (primary N) is 1. The highest BCUT2D eigenvalue weighted by Crippen LogP contribution is 2.13. The molecule has 134 valence electrons. The maximum atomic E-state index is 11.8. The van der Waals surface area contributed by atoms with Gasteiger partial charge in [-0.25, -0.2) is 13.6 Å². The number of benzene rings is 2. The van der Waals surface area contributed by atoms with Crippen molar-refractivity contribution < 1.29 is 13.2 Å². The molecule has 0 fully saturated rings. The molecule has 2 rings (SSSR count). The molecule has 3 N–H and O–H groups in total. The highest BCUT2D eigenvalue weighted by molar-refractivity contribution is 7.99. The van der Waals surface area contributed by atoms with E-state index in [2.05, 4.69) is 30.4 Å². The van der Waals surface area contributed by atoms with Gasteiger partial charge in [0.05, 0.1) is 10.6 Å². The first-order chi connectivity index (χ1) is 11.8. The Kier molecular flexibility index (Phi) is 7.04. The minimum Gasteiger partial charge on any atom is -0.355 e. The van der Waals surface area contributed by atoms with Crippen molar-refractivity contribution in [3.05, 3.63) is 65.2 Å². The number of aryl methyl sites for hydroxylation is 1. The summed E-state index contributed by atoms with van der Waals surface area (Å²) >= 11 is 1.58. The van der Waals surface area contributed by atoms with Gasteiger partial charge in [0.15, 0.2) is 0 Å². The first-order valence-corrected chi connectivity index (χ1v) is 10.6. The molecule has 7 heteroatoms. The van der Waals surface area contributed by atoms with Gasteiger partial charge in [-0.2, -0.15) is 0 Å². The van der Waals surface area contributed by atoms with E-state index in [1.165, 1.54) is 23.3 Å². The van der Waals surface area contributed by atoms with Crippen LogP contribution in [0.5, 0.6) is 0 Å². The molecule has 0 aromatic heterocycles. The molecule has 0 bridgehead atoms. The molecule has 0 aliphatic rings. The second kappa shape index (κ2) is 9.03. The van der Waals surface area contributed by atoms with Gasteiger partial charge in [-0.1, -0.05) is 42.0 Å². The molecule has 1 amide bonds. The van der Waals surface area contributed by atoms with Crippen LogP contribution in [0.3, 0.4) is 0 Å². The quantitative estimate of drug-likeness (QED) is 0.737. The van der Waals surface area contributed by atoms with Gasteiger partial charge in [-0.3, -0.25) is 4.79 Å². The van der Waals surface area contributed by atoms with Crippen molar-refractivity contribution >= 4 is 27.7 Å². The number of carbonyl (C=O) groups excluding carboxylic acids is 1. The van der Waals surface area contributed by atoms with Crippen LogP contribution in [0.4, 0.5) is 0 Å². The third-order valence-electron chi connectivity index (χ3n) is 3.57. The fraction of sp³-hybridized carbons (Fsp3) is 0.278. The summed E-state index contributed by atoms with van der Waals surface area (Å²) in [5.41, 5.74) is 3.38. The van der Waals surface area contributed by atoms with Crippen molar-refractivity contribution in [1.29, 1.82) is 0 Å². The Bertz CT molecular complexity index is 818. The number of hydrogen-bond acceptors (Lipinski definition) is 4. The van der Waals surface area contributed by atoms with E-state index in [0.29, 0.717) is 18.7 Å². The van der Waals surface area contributed by atoms with E-state index in [4.69, 9.17) is 5.14 Å². The third kappa shape index (κ3) is 6.89. The lowest BCUT2D eigenvalue weighted by molar-refractivity contribution is -0.118. The van der Waals surface area contributed by atoms with E-state index < -0.39 is 10.0 Å². The van der Waals surface area contributed by atoms with Crippen LogP contribution in [0.25, 0.3) is 0 Å². The SMILES string of the molecule is Cc1cccc(CSCC(=O)NCCc2ccc(S(N)(=O)=O)cc2)c1. The Morgan fingerprint density at radius 2 is 1.84 bits per heavy atom. The highest BCUT2D eigenvalue weighted by atomic mass is 32.2. The number of primary sulfonamides is 1. The van der Waals surface area contributed by atoms with Crippen LogP contribution in [0.2, 0.25) is 0 Å². The molecule has 0 aliphatic carbocycles. The van der Waals surface area contributed by atoms with Crippen LogP contribution in [0.15, 0.2) is 53.4 Å². The summed E-state index contributed by atoms with van der Waals surface area (Å²) in [4.78, 5) is 11.9.